The Kier molecular flexibility index (Phi) is 8.28. The van der Waals surface area contributed by atoms with Crippen molar-refractivity contribution in [2.45, 2.75) is 0 Å². The highest BCUT2D eigenvalue weighted by atomic mass is 127. The third kappa shape index (κ3) is 5.55. The fourth-order valence-corrected chi connectivity index (χ4v) is 3.68. The number of hydrogen-bond donors (Lipinski definition) is 0. The van der Waals surface area contributed by atoms with E-state index < -0.39 is 0 Å². The van der Waals surface area contributed by atoms with Gasteiger partial charge >= 0.3 is 0 Å². The maximum atomic E-state index is 5.92. The molecule has 0 bridgehead atoms. The van der Waals surface area contributed by atoms with Gasteiger partial charge in [0.25, 0.3) is 0 Å². The van der Waals surface area contributed by atoms with Crippen LogP contribution in [-0.2, 0) is 9.47 Å². The lowest BCUT2D eigenvalue weighted by Gasteiger charge is -2.22. The number of aromatic nitrogens is 2. The van der Waals surface area contributed by atoms with Crippen LogP contribution in [0.25, 0.3) is 10.9 Å². The maximum absolute atomic E-state index is 5.92. The summed E-state index contributed by atoms with van der Waals surface area (Å²) >= 11 is 2.29. The molecule has 0 N–H and O–H groups in total. The first-order valence-corrected chi connectivity index (χ1v) is 10.7. The molecule has 7 nitrogen and oxygen atoms in total. The van der Waals surface area contributed by atoms with Crippen molar-refractivity contribution >= 4 is 45.0 Å². The van der Waals surface area contributed by atoms with Crippen molar-refractivity contribution in [3.05, 3.63) is 45.8 Å². The molecule has 0 saturated heterocycles. The Morgan fingerprint density at radius 1 is 0.968 bits per heavy atom. The molecule has 0 amide bonds. The number of terminal acetylenes is 1. The molecule has 2 aromatic carbocycles. The Bertz CT molecular complexity index is 1080. The van der Waals surface area contributed by atoms with Gasteiger partial charge in [0.1, 0.15) is 25.4 Å². The van der Waals surface area contributed by atoms with Gasteiger partial charge in [0.15, 0.2) is 11.5 Å². The smallest absolute Gasteiger partial charge is 0.163 e. The molecular weight excluding hydrogens is 509 g/mol. The van der Waals surface area contributed by atoms with E-state index in [1.165, 1.54) is 6.33 Å². The first-order chi connectivity index (χ1) is 15.1. The summed E-state index contributed by atoms with van der Waals surface area (Å²) in [6, 6.07) is 9.63. The van der Waals surface area contributed by atoms with Crippen LogP contribution in [0.2, 0.25) is 0 Å². The molecule has 0 aliphatic rings. The van der Waals surface area contributed by atoms with Crippen LogP contribution < -0.4 is 14.4 Å². The average molecular weight is 533 g/mol. The van der Waals surface area contributed by atoms with Gasteiger partial charge in [-0.2, -0.15) is 0 Å². The first-order valence-electron chi connectivity index (χ1n) is 9.61. The molecule has 0 spiro atoms. The number of nitrogens with zero attached hydrogens (tertiary/aromatic N) is 3. The van der Waals surface area contributed by atoms with Crippen LogP contribution in [-0.4, -0.2) is 57.7 Å². The third-order valence-electron chi connectivity index (χ3n) is 4.56. The summed E-state index contributed by atoms with van der Waals surface area (Å²) in [5.74, 6) is 4.61. The Morgan fingerprint density at radius 2 is 1.65 bits per heavy atom. The standard InChI is InChI=1S/C23H24IN3O4/c1-5-16-6-7-18(24)20(12-16)27(2)23-17-13-21(30-10-8-28-3)22(31-11-9-29-4)14-19(17)25-15-26-23/h1,6-7,12-15H,8-11H2,2-4H3. The third-order valence-corrected chi connectivity index (χ3v) is 5.47. The highest BCUT2D eigenvalue weighted by molar-refractivity contribution is 14.1. The van der Waals surface area contributed by atoms with Gasteiger partial charge in [-0.15, -0.1) is 6.42 Å². The molecule has 0 fully saturated rings. The van der Waals surface area contributed by atoms with Crippen LogP contribution >= 0.6 is 22.6 Å². The Morgan fingerprint density at radius 3 is 2.29 bits per heavy atom. The molecule has 0 aliphatic heterocycles. The number of hydrogen-bond acceptors (Lipinski definition) is 7. The molecule has 3 rings (SSSR count). The monoisotopic (exact) mass is 533 g/mol. The number of fused-ring (bicyclic) bond motifs is 1. The van der Waals surface area contributed by atoms with Crippen molar-refractivity contribution in [2.24, 2.45) is 0 Å². The predicted molar refractivity (Wildman–Crippen MR) is 129 cm³/mol. The van der Waals surface area contributed by atoms with Crippen molar-refractivity contribution in [2.75, 3.05) is 52.6 Å². The van der Waals surface area contributed by atoms with E-state index in [0.29, 0.717) is 37.9 Å². The quantitative estimate of drug-likeness (QED) is 0.222. The molecule has 0 saturated carbocycles. The summed E-state index contributed by atoms with van der Waals surface area (Å²) in [6.07, 6.45) is 7.13. The first kappa shape index (κ1) is 23.1. The summed E-state index contributed by atoms with van der Waals surface area (Å²) in [4.78, 5) is 11.0. The van der Waals surface area contributed by atoms with Crippen molar-refractivity contribution < 1.29 is 18.9 Å². The van der Waals surface area contributed by atoms with Gasteiger partial charge in [-0.05, 0) is 46.9 Å². The van der Waals surface area contributed by atoms with Gasteiger partial charge in [0.2, 0.25) is 0 Å². The topological polar surface area (TPSA) is 65.9 Å². The van der Waals surface area contributed by atoms with Crippen LogP contribution in [0.3, 0.4) is 0 Å². The second-order valence-corrected chi connectivity index (χ2v) is 7.73. The van der Waals surface area contributed by atoms with Crippen LogP contribution in [0.15, 0.2) is 36.7 Å². The van der Waals surface area contributed by atoms with Gasteiger partial charge in [0.05, 0.1) is 24.4 Å². The number of benzene rings is 2. The molecular formula is C23H24IN3O4. The second kappa shape index (κ2) is 11.1. The number of rotatable bonds is 10. The number of anilines is 2. The molecule has 1 aromatic heterocycles. The minimum atomic E-state index is 0.392. The lowest BCUT2D eigenvalue weighted by molar-refractivity contribution is 0.132. The highest BCUT2D eigenvalue weighted by Crippen LogP contribution is 2.37. The van der Waals surface area contributed by atoms with Gasteiger partial charge in [-0.25, -0.2) is 9.97 Å². The lowest BCUT2D eigenvalue weighted by atomic mass is 10.1. The van der Waals surface area contributed by atoms with E-state index >= 15 is 0 Å². The SMILES string of the molecule is C#Cc1ccc(I)c(N(C)c2ncnc3cc(OCCOC)c(OCCOC)cc23)c1. The molecule has 31 heavy (non-hydrogen) atoms. The zero-order valence-corrected chi connectivity index (χ0v) is 19.9. The highest BCUT2D eigenvalue weighted by Gasteiger charge is 2.17. The van der Waals surface area contributed by atoms with Crippen LogP contribution in [0, 0.1) is 15.9 Å². The van der Waals surface area contributed by atoms with E-state index in [4.69, 9.17) is 25.4 Å². The van der Waals surface area contributed by atoms with Crippen molar-refractivity contribution in [3.63, 3.8) is 0 Å². The molecule has 0 atom stereocenters. The summed E-state index contributed by atoms with van der Waals surface area (Å²) < 4.78 is 23.0. The predicted octanol–water partition coefficient (Wildman–Crippen LogP) is 4.03. The molecule has 3 aromatic rings. The van der Waals surface area contributed by atoms with Crippen molar-refractivity contribution in [1.29, 1.82) is 0 Å². The fourth-order valence-electron chi connectivity index (χ4n) is 2.99. The maximum Gasteiger partial charge on any atom is 0.163 e. The van der Waals surface area contributed by atoms with Gasteiger partial charge in [-0.1, -0.05) is 5.92 Å². The summed E-state index contributed by atoms with van der Waals surface area (Å²) in [5, 5.41) is 0.832. The number of methoxy groups -OCH3 is 2. The molecule has 8 heteroatoms. The van der Waals surface area contributed by atoms with Gasteiger partial charge in [0, 0.05) is 41.9 Å². The van der Waals surface area contributed by atoms with E-state index in [1.807, 2.05) is 42.3 Å². The Labute approximate surface area is 195 Å². The Balaban J connectivity index is 2.06. The number of ether oxygens (including phenoxy) is 4. The largest absolute Gasteiger partial charge is 0.487 e. The molecule has 162 valence electrons. The molecule has 0 radical (unpaired) electrons. The molecule has 0 unspecified atom stereocenters. The van der Waals surface area contributed by atoms with Crippen molar-refractivity contribution in [1.82, 2.24) is 9.97 Å². The molecule has 1 heterocycles. The summed E-state index contributed by atoms with van der Waals surface area (Å²) in [5.41, 5.74) is 2.50. The molecule has 0 aliphatic carbocycles. The number of halogens is 1. The van der Waals surface area contributed by atoms with Gasteiger partial charge in [-0.3, -0.25) is 0 Å². The fraction of sp³-hybridized carbons (Fsp3) is 0.304. The van der Waals surface area contributed by atoms with Crippen LogP contribution in [0.1, 0.15) is 5.56 Å². The van der Waals surface area contributed by atoms with E-state index in [2.05, 4.69) is 38.5 Å². The minimum Gasteiger partial charge on any atom is -0.487 e. The summed E-state index contributed by atoms with van der Waals surface area (Å²) in [6.45, 7) is 1.73. The van der Waals surface area contributed by atoms with E-state index in [1.54, 1.807) is 14.2 Å². The minimum absolute atomic E-state index is 0.392. The van der Waals surface area contributed by atoms with E-state index in [9.17, 15) is 0 Å². The lowest BCUT2D eigenvalue weighted by Crippen LogP contribution is -2.14. The second-order valence-electron chi connectivity index (χ2n) is 6.57. The normalized spacial score (nSPS) is 10.7. The van der Waals surface area contributed by atoms with Crippen LogP contribution in [0.4, 0.5) is 11.5 Å². The van der Waals surface area contributed by atoms with E-state index in [0.717, 1.165) is 31.5 Å². The zero-order valence-electron chi connectivity index (χ0n) is 17.7. The Hall–Kier alpha value is -2.61. The zero-order chi connectivity index (χ0) is 22.2. The van der Waals surface area contributed by atoms with Crippen molar-refractivity contribution in [3.8, 4) is 23.8 Å². The van der Waals surface area contributed by atoms with Gasteiger partial charge < -0.3 is 23.8 Å². The summed E-state index contributed by atoms with van der Waals surface area (Å²) in [7, 11) is 5.21. The van der Waals surface area contributed by atoms with Crippen LogP contribution in [0.5, 0.6) is 11.5 Å². The average Bonchev–Trinajstić information content (AvgIpc) is 2.79. The van der Waals surface area contributed by atoms with E-state index in [-0.39, 0.29) is 0 Å².